The second kappa shape index (κ2) is 5.96. The molecule has 1 saturated heterocycles. The Morgan fingerprint density at radius 1 is 1.33 bits per heavy atom. The van der Waals surface area contributed by atoms with Crippen molar-refractivity contribution >= 4 is 39.1 Å². The van der Waals surface area contributed by atoms with E-state index in [1.54, 1.807) is 6.20 Å². The molecule has 2 aromatic rings. The average Bonchev–Trinajstić information content (AvgIpc) is 3.07. The molecule has 0 amide bonds. The lowest BCUT2D eigenvalue weighted by atomic mass is 10.2. The molecule has 0 spiro atoms. The number of hydrogen-bond donors (Lipinski definition) is 0. The van der Waals surface area contributed by atoms with E-state index in [9.17, 15) is 8.78 Å². The van der Waals surface area contributed by atoms with Crippen molar-refractivity contribution in [2.75, 3.05) is 18.1 Å². The molecule has 4 rings (SSSR count). The molecule has 24 heavy (non-hydrogen) atoms. The van der Waals surface area contributed by atoms with Gasteiger partial charge in [0.05, 0.1) is 12.1 Å². The Morgan fingerprint density at radius 2 is 2.17 bits per heavy atom. The molecule has 1 aromatic carbocycles. The summed E-state index contributed by atoms with van der Waals surface area (Å²) in [4.78, 5) is 5.83. The predicted molar refractivity (Wildman–Crippen MR) is 91.7 cm³/mol. The SMILES string of the molecule is FC(F)C1COC(=S)N1c1cn2c(n1)-c1ccc(Br)cc1OCC2. The zero-order valence-electron chi connectivity index (χ0n) is 12.3. The van der Waals surface area contributed by atoms with Crippen LogP contribution in [-0.4, -0.2) is 40.4 Å². The average molecular weight is 416 g/mol. The summed E-state index contributed by atoms with van der Waals surface area (Å²) in [6, 6.07) is 4.52. The van der Waals surface area contributed by atoms with Crippen molar-refractivity contribution in [2.45, 2.75) is 19.0 Å². The number of thiocarbonyl (C=S) groups is 1. The summed E-state index contributed by atoms with van der Waals surface area (Å²) < 4.78 is 40.1. The Labute approximate surface area is 150 Å². The van der Waals surface area contributed by atoms with Gasteiger partial charge >= 0.3 is 0 Å². The molecule has 1 atom stereocenters. The maximum absolute atomic E-state index is 13.2. The molecule has 5 nitrogen and oxygen atoms in total. The van der Waals surface area contributed by atoms with E-state index >= 15 is 0 Å². The first kappa shape index (κ1) is 15.8. The fourth-order valence-corrected chi connectivity index (χ4v) is 3.48. The maximum atomic E-state index is 13.2. The first-order chi connectivity index (χ1) is 11.5. The Morgan fingerprint density at radius 3 is 2.96 bits per heavy atom. The summed E-state index contributed by atoms with van der Waals surface area (Å²) >= 11 is 8.49. The molecule has 126 valence electrons. The molecule has 0 bridgehead atoms. The van der Waals surface area contributed by atoms with Gasteiger partial charge in [0.25, 0.3) is 11.6 Å². The van der Waals surface area contributed by atoms with Gasteiger partial charge in [0.1, 0.15) is 30.8 Å². The molecule has 1 aromatic heterocycles. The third-order valence-corrected chi connectivity index (χ3v) is 4.79. The van der Waals surface area contributed by atoms with Crippen LogP contribution in [0.3, 0.4) is 0 Å². The number of fused-ring (bicyclic) bond motifs is 3. The highest BCUT2D eigenvalue weighted by molar-refractivity contribution is 9.10. The van der Waals surface area contributed by atoms with Crippen molar-refractivity contribution in [3.05, 3.63) is 28.9 Å². The summed E-state index contributed by atoms with van der Waals surface area (Å²) in [6.45, 7) is 0.895. The Balaban J connectivity index is 1.79. The molecule has 2 aliphatic rings. The van der Waals surface area contributed by atoms with Crippen LogP contribution in [-0.2, 0) is 11.3 Å². The number of ether oxygens (including phenoxy) is 2. The van der Waals surface area contributed by atoms with E-state index in [1.807, 2.05) is 22.8 Å². The van der Waals surface area contributed by atoms with Crippen molar-refractivity contribution < 1.29 is 18.3 Å². The molecule has 2 aliphatic heterocycles. The van der Waals surface area contributed by atoms with Crippen molar-refractivity contribution in [3.8, 4) is 17.1 Å². The van der Waals surface area contributed by atoms with Gasteiger partial charge in [0, 0.05) is 10.7 Å². The molecule has 0 saturated carbocycles. The number of imidazole rings is 1. The van der Waals surface area contributed by atoms with Gasteiger partial charge < -0.3 is 14.0 Å². The maximum Gasteiger partial charge on any atom is 0.265 e. The lowest BCUT2D eigenvalue weighted by Gasteiger charge is -2.19. The Kier molecular flexibility index (Phi) is 3.92. The van der Waals surface area contributed by atoms with Gasteiger partial charge in [0.2, 0.25) is 0 Å². The van der Waals surface area contributed by atoms with Gasteiger partial charge in [0.15, 0.2) is 5.82 Å². The van der Waals surface area contributed by atoms with Gasteiger partial charge in [-0.3, -0.25) is 4.90 Å². The zero-order valence-corrected chi connectivity index (χ0v) is 14.7. The summed E-state index contributed by atoms with van der Waals surface area (Å²) in [5.74, 6) is 1.73. The van der Waals surface area contributed by atoms with E-state index in [4.69, 9.17) is 21.7 Å². The molecule has 0 N–H and O–H groups in total. The zero-order chi connectivity index (χ0) is 16.8. The summed E-state index contributed by atoms with van der Waals surface area (Å²) in [5.41, 5.74) is 0.807. The van der Waals surface area contributed by atoms with Gasteiger partial charge in [-0.25, -0.2) is 13.8 Å². The number of hydrogen-bond acceptors (Lipinski definition) is 4. The van der Waals surface area contributed by atoms with Crippen molar-refractivity contribution in [1.82, 2.24) is 9.55 Å². The van der Waals surface area contributed by atoms with E-state index in [2.05, 4.69) is 20.9 Å². The molecule has 9 heteroatoms. The highest BCUT2D eigenvalue weighted by Crippen LogP contribution is 2.36. The van der Waals surface area contributed by atoms with Crippen LogP contribution >= 0.6 is 28.1 Å². The van der Waals surface area contributed by atoms with E-state index in [1.165, 1.54) is 4.90 Å². The van der Waals surface area contributed by atoms with Crippen molar-refractivity contribution in [3.63, 3.8) is 0 Å². The second-order valence-corrected chi connectivity index (χ2v) is 6.72. The first-order valence-corrected chi connectivity index (χ1v) is 8.49. The fourth-order valence-electron chi connectivity index (χ4n) is 2.84. The first-order valence-electron chi connectivity index (χ1n) is 7.28. The number of halogens is 3. The molecular weight excluding hydrogens is 404 g/mol. The van der Waals surface area contributed by atoms with Gasteiger partial charge in [-0.15, -0.1) is 0 Å². The van der Waals surface area contributed by atoms with Crippen molar-refractivity contribution in [2.24, 2.45) is 0 Å². The number of anilines is 1. The van der Waals surface area contributed by atoms with Crippen LogP contribution < -0.4 is 9.64 Å². The third-order valence-electron chi connectivity index (χ3n) is 3.98. The smallest absolute Gasteiger partial charge is 0.265 e. The van der Waals surface area contributed by atoms with Gasteiger partial charge in [-0.05, 0) is 30.4 Å². The van der Waals surface area contributed by atoms with Crippen LogP contribution in [0.1, 0.15) is 0 Å². The quantitative estimate of drug-likeness (QED) is 0.702. The van der Waals surface area contributed by atoms with Gasteiger partial charge in [-0.2, -0.15) is 0 Å². The van der Waals surface area contributed by atoms with Crippen LogP contribution in [0.15, 0.2) is 28.9 Å². The van der Waals surface area contributed by atoms with E-state index in [-0.39, 0.29) is 11.8 Å². The fraction of sp³-hybridized carbons (Fsp3) is 0.333. The van der Waals surface area contributed by atoms with E-state index < -0.39 is 12.5 Å². The molecule has 3 heterocycles. The van der Waals surface area contributed by atoms with Crippen LogP contribution in [0.2, 0.25) is 0 Å². The number of benzene rings is 1. The molecule has 1 unspecified atom stereocenters. The van der Waals surface area contributed by atoms with Crippen LogP contribution in [0.4, 0.5) is 14.6 Å². The van der Waals surface area contributed by atoms with Crippen LogP contribution in [0, 0.1) is 0 Å². The van der Waals surface area contributed by atoms with E-state index in [0.29, 0.717) is 30.5 Å². The highest BCUT2D eigenvalue weighted by Gasteiger charge is 2.39. The summed E-state index contributed by atoms with van der Waals surface area (Å²) in [6.07, 6.45) is -0.856. The Bertz CT molecular complexity index is 814. The monoisotopic (exact) mass is 415 g/mol. The predicted octanol–water partition coefficient (Wildman–Crippen LogP) is 3.46. The lowest BCUT2D eigenvalue weighted by molar-refractivity contribution is 0.106. The van der Waals surface area contributed by atoms with Crippen LogP contribution in [0.5, 0.6) is 5.75 Å². The third kappa shape index (κ3) is 2.55. The summed E-state index contributed by atoms with van der Waals surface area (Å²) in [5, 5.41) is 0.0286. The summed E-state index contributed by atoms with van der Waals surface area (Å²) in [7, 11) is 0. The number of alkyl halides is 2. The largest absolute Gasteiger partial charge is 0.491 e. The number of rotatable bonds is 2. The minimum absolute atomic E-state index is 0.0286. The minimum atomic E-state index is -2.57. The molecular formula is C15H12BrF2N3O2S. The highest BCUT2D eigenvalue weighted by atomic mass is 79.9. The second-order valence-electron chi connectivity index (χ2n) is 5.45. The molecule has 0 radical (unpaired) electrons. The standard InChI is InChI=1S/C15H12BrF2N3O2S/c16-8-1-2-9-11(5-8)22-4-3-20-6-12(19-14(9)20)21-10(13(17)18)7-23-15(21)24/h1-2,5-6,10,13H,3-4,7H2. The topological polar surface area (TPSA) is 39.5 Å². The molecule has 1 fully saturated rings. The molecule has 0 aliphatic carbocycles. The lowest BCUT2D eigenvalue weighted by Crippen LogP contribution is -2.38. The number of nitrogens with zero attached hydrogens (tertiary/aromatic N) is 3. The van der Waals surface area contributed by atoms with Crippen LogP contribution in [0.25, 0.3) is 11.4 Å². The van der Waals surface area contributed by atoms with E-state index in [0.717, 1.165) is 10.0 Å². The normalized spacial score (nSPS) is 19.6. The Hall–Kier alpha value is -1.74. The van der Waals surface area contributed by atoms with Gasteiger partial charge in [-0.1, -0.05) is 15.9 Å². The number of aromatic nitrogens is 2. The minimum Gasteiger partial charge on any atom is -0.491 e. The van der Waals surface area contributed by atoms with Crippen molar-refractivity contribution in [1.29, 1.82) is 0 Å².